The van der Waals surface area contributed by atoms with Crippen LogP contribution in [-0.2, 0) is 4.79 Å². The Morgan fingerprint density at radius 1 is 1.14 bits per heavy atom. The predicted molar refractivity (Wildman–Crippen MR) is 61.4 cm³/mol. The van der Waals surface area contributed by atoms with E-state index in [2.05, 4.69) is 39.5 Å². The Labute approximate surface area is 88.7 Å². The number of Topliss-reactive ketones (excluding diaryl/α,β-unsaturated/α-hetero) is 1. The maximum atomic E-state index is 11.0. The van der Waals surface area contributed by atoms with E-state index < -0.39 is 0 Å². The molecule has 0 rings (SSSR count). The van der Waals surface area contributed by atoms with Crippen molar-refractivity contribution < 1.29 is 4.79 Å². The van der Waals surface area contributed by atoms with Crippen LogP contribution in [0.15, 0.2) is 0 Å². The van der Waals surface area contributed by atoms with Gasteiger partial charge in [-0.25, -0.2) is 0 Å². The molecule has 0 radical (unpaired) electrons. The largest absolute Gasteiger partial charge is 0.300 e. The lowest BCUT2D eigenvalue weighted by Crippen LogP contribution is -2.41. The van der Waals surface area contributed by atoms with Gasteiger partial charge in [0.15, 0.2) is 0 Å². The second-order valence-corrected chi connectivity index (χ2v) is 4.94. The number of rotatable bonds is 6. The molecule has 14 heavy (non-hydrogen) atoms. The summed E-state index contributed by atoms with van der Waals surface area (Å²) in [4.78, 5) is 13.4. The molecule has 84 valence electrons. The molecule has 1 atom stereocenters. The molecule has 0 bridgehead atoms. The zero-order chi connectivity index (χ0) is 11.3. The van der Waals surface area contributed by atoms with E-state index in [1.54, 1.807) is 6.92 Å². The number of ketones is 1. The molecule has 0 amide bonds. The molecular weight excluding hydrogens is 174 g/mol. The topological polar surface area (TPSA) is 20.3 Å². The lowest BCUT2D eigenvalue weighted by molar-refractivity contribution is -0.118. The van der Waals surface area contributed by atoms with E-state index in [1.807, 2.05) is 0 Å². The smallest absolute Gasteiger partial charge is 0.131 e. The standard InChI is InChI=1S/C12H25NO/c1-9(2)8-13(10(3)4)11(5)7-12(6)14/h9-11H,7-8H2,1-6H3. The number of carbonyl (C=O) groups is 1. The number of hydrogen-bond donors (Lipinski definition) is 0. The monoisotopic (exact) mass is 199 g/mol. The van der Waals surface area contributed by atoms with Crippen LogP contribution < -0.4 is 0 Å². The molecule has 0 aromatic carbocycles. The summed E-state index contributed by atoms with van der Waals surface area (Å²) in [5.41, 5.74) is 0. The van der Waals surface area contributed by atoms with Crippen LogP contribution in [0.4, 0.5) is 0 Å². The van der Waals surface area contributed by atoms with Gasteiger partial charge in [-0.1, -0.05) is 13.8 Å². The number of carbonyl (C=O) groups excluding carboxylic acids is 1. The van der Waals surface area contributed by atoms with Gasteiger partial charge in [0.25, 0.3) is 0 Å². The van der Waals surface area contributed by atoms with E-state index in [-0.39, 0.29) is 5.78 Å². The van der Waals surface area contributed by atoms with Crippen LogP contribution in [0.5, 0.6) is 0 Å². The molecule has 1 unspecified atom stereocenters. The SMILES string of the molecule is CC(=O)CC(C)N(CC(C)C)C(C)C. The minimum absolute atomic E-state index is 0.284. The van der Waals surface area contributed by atoms with Crippen molar-refractivity contribution >= 4 is 5.78 Å². The first-order valence-electron chi connectivity index (χ1n) is 5.59. The van der Waals surface area contributed by atoms with Crippen molar-refractivity contribution in [1.29, 1.82) is 0 Å². The summed E-state index contributed by atoms with van der Waals surface area (Å²) in [6, 6.07) is 0.890. The Hall–Kier alpha value is -0.370. The summed E-state index contributed by atoms with van der Waals surface area (Å²) in [7, 11) is 0. The normalized spacial score (nSPS) is 14.1. The summed E-state index contributed by atoms with van der Waals surface area (Å²) in [6.07, 6.45) is 0.672. The molecule has 0 aliphatic rings. The minimum atomic E-state index is 0.284. The first-order chi connectivity index (χ1) is 6.34. The fourth-order valence-corrected chi connectivity index (χ4v) is 1.85. The fourth-order valence-electron chi connectivity index (χ4n) is 1.85. The minimum Gasteiger partial charge on any atom is -0.300 e. The molecular formula is C12H25NO. The molecule has 0 saturated carbocycles. The van der Waals surface area contributed by atoms with E-state index >= 15 is 0 Å². The van der Waals surface area contributed by atoms with E-state index in [4.69, 9.17) is 0 Å². The number of hydrogen-bond acceptors (Lipinski definition) is 2. The highest BCUT2D eigenvalue weighted by Crippen LogP contribution is 2.12. The summed E-state index contributed by atoms with van der Waals surface area (Å²) in [5, 5.41) is 0. The van der Waals surface area contributed by atoms with Gasteiger partial charge in [0.1, 0.15) is 5.78 Å². The van der Waals surface area contributed by atoms with Gasteiger partial charge in [0.05, 0.1) is 0 Å². The molecule has 2 nitrogen and oxygen atoms in total. The predicted octanol–water partition coefficient (Wildman–Crippen LogP) is 2.72. The van der Waals surface area contributed by atoms with Crippen LogP contribution >= 0.6 is 0 Å². The zero-order valence-electron chi connectivity index (χ0n) is 10.5. The Kier molecular flexibility index (Phi) is 6.01. The van der Waals surface area contributed by atoms with Crippen LogP contribution in [0.3, 0.4) is 0 Å². The van der Waals surface area contributed by atoms with Crippen molar-refractivity contribution in [3.05, 3.63) is 0 Å². The highest BCUT2D eigenvalue weighted by atomic mass is 16.1. The van der Waals surface area contributed by atoms with E-state index in [9.17, 15) is 4.79 Å². The average molecular weight is 199 g/mol. The first-order valence-corrected chi connectivity index (χ1v) is 5.59. The lowest BCUT2D eigenvalue weighted by atomic mass is 10.1. The second-order valence-electron chi connectivity index (χ2n) is 4.94. The Morgan fingerprint density at radius 3 is 1.93 bits per heavy atom. The third-order valence-corrected chi connectivity index (χ3v) is 2.39. The Morgan fingerprint density at radius 2 is 1.64 bits per heavy atom. The van der Waals surface area contributed by atoms with E-state index in [0.29, 0.717) is 24.4 Å². The van der Waals surface area contributed by atoms with Crippen molar-refractivity contribution in [3.63, 3.8) is 0 Å². The third kappa shape index (κ3) is 5.38. The van der Waals surface area contributed by atoms with Gasteiger partial charge >= 0.3 is 0 Å². The van der Waals surface area contributed by atoms with Crippen molar-refractivity contribution in [2.75, 3.05) is 6.54 Å². The van der Waals surface area contributed by atoms with Gasteiger partial charge in [-0.3, -0.25) is 9.69 Å². The average Bonchev–Trinajstić information content (AvgIpc) is 1.97. The van der Waals surface area contributed by atoms with Crippen molar-refractivity contribution in [3.8, 4) is 0 Å². The summed E-state index contributed by atoms with van der Waals surface area (Å²) < 4.78 is 0. The molecule has 0 aliphatic carbocycles. The zero-order valence-corrected chi connectivity index (χ0v) is 10.5. The molecule has 0 heterocycles. The maximum absolute atomic E-state index is 11.0. The Bertz CT molecular complexity index is 175. The van der Waals surface area contributed by atoms with Gasteiger partial charge in [0.2, 0.25) is 0 Å². The van der Waals surface area contributed by atoms with Crippen LogP contribution in [-0.4, -0.2) is 29.3 Å². The number of nitrogens with zero attached hydrogens (tertiary/aromatic N) is 1. The lowest BCUT2D eigenvalue weighted by Gasteiger charge is -2.33. The van der Waals surface area contributed by atoms with E-state index in [1.165, 1.54) is 0 Å². The first kappa shape index (κ1) is 13.6. The van der Waals surface area contributed by atoms with Crippen LogP contribution in [0.1, 0.15) is 48.0 Å². The molecule has 0 N–H and O–H groups in total. The summed E-state index contributed by atoms with van der Waals surface area (Å²) in [5.74, 6) is 0.943. The van der Waals surface area contributed by atoms with Gasteiger partial charge in [-0.15, -0.1) is 0 Å². The van der Waals surface area contributed by atoms with Gasteiger partial charge < -0.3 is 0 Å². The van der Waals surface area contributed by atoms with Gasteiger partial charge in [-0.05, 0) is 33.6 Å². The van der Waals surface area contributed by atoms with E-state index in [0.717, 1.165) is 6.54 Å². The third-order valence-electron chi connectivity index (χ3n) is 2.39. The molecule has 0 spiro atoms. The van der Waals surface area contributed by atoms with Gasteiger partial charge in [0, 0.05) is 25.0 Å². The van der Waals surface area contributed by atoms with Crippen LogP contribution in [0.2, 0.25) is 0 Å². The summed E-state index contributed by atoms with van der Waals surface area (Å²) >= 11 is 0. The summed E-state index contributed by atoms with van der Waals surface area (Å²) in [6.45, 7) is 13.7. The van der Waals surface area contributed by atoms with Crippen molar-refractivity contribution in [2.24, 2.45) is 5.92 Å². The maximum Gasteiger partial charge on any atom is 0.131 e. The van der Waals surface area contributed by atoms with Crippen LogP contribution in [0, 0.1) is 5.92 Å². The quantitative estimate of drug-likeness (QED) is 0.655. The van der Waals surface area contributed by atoms with Crippen molar-refractivity contribution in [1.82, 2.24) is 4.90 Å². The molecule has 2 heteroatoms. The highest BCUT2D eigenvalue weighted by molar-refractivity contribution is 5.76. The second kappa shape index (κ2) is 6.18. The molecule has 0 aromatic heterocycles. The molecule has 0 fully saturated rings. The van der Waals surface area contributed by atoms with Crippen LogP contribution in [0.25, 0.3) is 0 Å². The fraction of sp³-hybridized carbons (Fsp3) is 0.917. The Balaban J connectivity index is 4.25. The molecule has 0 aliphatic heterocycles. The molecule has 0 aromatic rings. The van der Waals surface area contributed by atoms with Gasteiger partial charge in [-0.2, -0.15) is 0 Å². The highest BCUT2D eigenvalue weighted by Gasteiger charge is 2.18. The molecule has 0 saturated heterocycles. The van der Waals surface area contributed by atoms with Crippen molar-refractivity contribution in [2.45, 2.75) is 60.0 Å².